The first-order chi connectivity index (χ1) is 8.95. The minimum Gasteiger partial charge on any atom is -0.398 e. The highest BCUT2D eigenvalue weighted by Crippen LogP contribution is 2.26. The van der Waals surface area contributed by atoms with Crippen LogP contribution >= 0.6 is 11.6 Å². The lowest BCUT2D eigenvalue weighted by atomic mass is 10.3. The van der Waals surface area contributed by atoms with E-state index >= 15 is 0 Å². The molecule has 106 valence electrons. The van der Waals surface area contributed by atoms with Crippen LogP contribution in [0.1, 0.15) is 0 Å². The van der Waals surface area contributed by atoms with Gasteiger partial charge in [0.15, 0.2) is 0 Å². The van der Waals surface area contributed by atoms with Crippen molar-refractivity contribution in [3.8, 4) is 0 Å². The number of nitrogens with two attached hydrogens (primary N) is 1. The summed E-state index contributed by atoms with van der Waals surface area (Å²) in [6.07, 6.45) is -0.510. The zero-order valence-corrected chi connectivity index (χ0v) is 11.7. The number of sulfonamides is 1. The summed E-state index contributed by atoms with van der Waals surface area (Å²) in [5.74, 6) is 0. The van der Waals surface area contributed by atoms with Gasteiger partial charge in [0.1, 0.15) is 4.90 Å². The smallest absolute Gasteiger partial charge is 0.245 e. The molecule has 0 radical (unpaired) electrons. The van der Waals surface area contributed by atoms with Gasteiger partial charge in [0.25, 0.3) is 0 Å². The van der Waals surface area contributed by atoms with Crippen molar-refractivity contribution in [2.45, 2.75) is 11.0 Å². The van der Waals surface area contributed by atoms with Crippen LogP contribution in [0.3, 0.4) is 0 Å². The lowest BCUT2D eigenvalue weighted by Gasteiger charge is -2.31. The molecule has 6 nitrogen and oxygen atoms in total. The molecule has 0 amide bonds. The molecule has 8 heteroatoms. The number of ether oxygens (including phenoxy) is 1. The summed E-state index contributed by atoms with van der Waals surface area (Å²) in [6.45, 7) is 0.345. The van der Waals surface area contributed by atoms with Gasteiger partial charge in [-0.15, -0.1) is 0 Å². The van der Waals surface area contributed by atoms with Gasteiger partial charge in [-0.25, -0.2) is 8.42 Å². The third-order valence-corrected chi connectivity index (χ3v) is 5.05. The maximum Gasteiger partial charge on any atom is 0.245 e. The summed E-state index contributed by atoms with van der Waals surface area (Å²) in [5.41, 5.74) is 5.85. The SMILES string of the molecule is Nc1ccc(Cl)cc1S(=O)(=O)N1CCOC(CO)C1. The van der Waals surface area contributed by atoms with Crippen LogP contribution in [0.5, 0.6) is 0 Å². The normalized spacial score (nSPS) is 21.5. The average Bonchev–Trinajstić information content (AvgIpc) is 2.41. The maximum absolute atomic E-state index is 12.5. The number of benzene rings is 1. The van der Waals surface area contributed by atoms with E-state index in [1.807, 2.05) is 0 Å². The van der Waals surface area contributed by atoms with Crippen LogP contribution in [-0.4, -0.2) is 50.2 Å². The number of rotatable bonds is 3. The molecule has 1 aliphatic heterocycles. The first kappa shape index (κ1) is 14.5. The Kier molecular flexibility index (Phi) is 4.32. The fourth-order valence-corrected chi connectivity index (χ4v) is 3.73. The highest BCUT2D eigenvalue weighted by Gasteiger charge is 2.31. The van der Waals surface area contributed by atoms with E-state index in [1.54, 1.807) is 0 Å². The van der Waals surface area contributed by atoms with Crippen LogP contribution in [0.15, 0.2) is 23.1 Å². The summed E-state index contributed by atoms with van der Waals surface area (Å²) < 4.78 is 31.4. The van der Waals surface area contributed by atoms with Crippen molar-refractivity contribution in [1.29, 1.82) is 0 Å². The third-order valence-electron chi connectivity index (χ3n) is 2.90. The minimum absolute atomic E-state index is 0.0152. The molecule has 2 rings (SSSR count). The van der Waals surface area contributed by atoms with Crippen molar-refractivity contribution < 1.29 is 18.3 Å². The van der Waals surface area contributed by atoms with Crippen LogP contribution in [0, 0.1) is 0 Å². The van der Waals surface area contributed by atoms with E-state index in [-0.39, 0.29) is 36.9 Å². The number of nitrogens with zero attached hydrogens (tertiary/aromatic N) is 1. The van der Waals surface area contributed by atoms with Gasteiger partial charge in [-0.2, -0.15) is 4.31 Å². The average molecular weight is 307 g/mol. The second-order valence-corrected chi connectivity index (χ2v) is 6.56. The molecule has 1 unspecified atom stereocenters. The molecular weight excluding hydrogens is 292 g/mol. The van der Waals surface area contributed by atoms with Crippen LogP contribution in [0.25, 0.3) is 0 Å². The molecule has 1 aromatic carbocycles. The van der Waals surface area contributed by atoms with E-state index in [1.165, 1.54) is 22.5 Å². The molecule has 1 aromatic rings. The Hall–Kier alpha value is -0.860. The summed E-state index contributed by atoms with van der Waals surface area (Å²) in [5, 5.41) is 9.36. The van der Waals surface area contributed by atoms with Crippen molar-refractivity contribution in [3.05, 3.63) is 23.2 Å². The lowest BCUT2D eigenvalue weighted by Crippen LogP contribution is -2.46. The van der Waals surface area contributed by atoms with Crippen molar-refractivity contribution >= 4 is 27.3 Å². The number of aliphatic hydroxyl groups is 1. The van der Waals surface area contributed by atoms with Gasteiger partial charge in [0.05, 0.1) is 25.0 Å². The molecule has 1 heterocycles. The molecule has 1 atom stereocenters. The zero-order valence-electron chi connectivity index (χ0n) is 10.1. The topological polar surface area (TPSA) is 92.9 Å². The van der Waals surface area contributed by atoms with Gasteiger partial charge in [-0.1, -0.05) is 11.6 Å². The largest absolute Gasteiger partial charge is 0.398 e. The Morgan fingerprint density at radius 2 is 2.26 bits per heavy atom. The summed E-state index contributed by atoms with van der Waals surface area (Å²) in [6, 6.07) is 4.32. The number of nitrogen functional groups attached to an aromatic ring is 1. The van der Waals surface area contributed by atoms with E-state index in [0.29, 0.717) is 5.02 Å². The Morgan fingerprint density at radius 3 is 2.95 bits per heavy atom. The van der Waals surface area contributed by atoms with Crippen LogP contribution in [0.2, 0.25) is 5.02 Å². The number of hydrogen-bond acceptors (Lipinski definition) is 5. The highest BCUT2D eigenvalue weighted by atomic mass is 35.5. The van der Waals surface area contributed by atoms with E-state index in [2.05, 4.69) is 0 Å². The zero-order chi connectivity index (χ0) is 14.0. The number of anilines is 1. The molecule has 0 bridgehead atoms. The predicted octanol–water partition coefficient (Wildman–Crippen LogP) is 0.304. The molecule has 3 N–H and O–H groups in total. The fraction of sp³-hybridized carbons (Fsp3) is 0.455. The second kappa shape index (κ2) is 5.64. The Morgan fingerprint density at radius 1 is 1.53 bits per heavy atom. The minimum atomic E-state index is -3.73. The Bertz CT molecular complexity index is 564. The molecule has 0 aliphatic carbocycles. The van der Waals surface area contributed by atoms with Crippen molar-refractivity contribution in [3.63, 3.8) is 0 Å². The number of morpholine rings is 1. The molecule has 0 saturated carbocycles. The first-order valence-electron chi connectivity index (χ1n) is 5.73. The van der Waals surface area contributed by atoms with Crippen LogP contribution < -0.4 is 5.73 Å². The lowest BCUT2D eigenvalue weighted by molar-refractivity contribution is -0.0304. The molecule has 0 aromatic heterocycles. The van der Waals surface area contributed by atoms with Gasteiger partial charge in [-0.05, 0) is 18.2 Å². The maximum atomic E-state index is 12.5. The van der Waals surface area contributed by atoms with Crippen LogP contribution in [-0.2, 0) is 14.8 Å². The van der Waals surface area contributed by atoms with Crippen molar-refractivity contribution in [2.75, 3.05) is 32.0 Å². The van der Waals surface area contributed by atoms with Gasteiger partial charge < -0.3 is 15.6 Å². The molecule has 19 heavy (non-hydrogen) atoms. The van der Waals surface area contributed by atoms with E-state index in [0.717, 1.165) is 0 Å². The summed E-state index contributed by atoms with van der Waals surface area (Å²) >= 11 is 5.81. The molecule has 1 saturated heterocycles. The van der Waals surface area contributed by atoms with Crippen molar-refractivity contribution in [2.24, 2.45) is 0 Å². The van der Waals surface area contributed by atoms with Gasteiger partial charge in [-0.3, -0.25) is 0 Å². The van der Waals surface area contributed by atoms with E-state index < -0.39 is 16.1 Å². The molecular formula is C11H15ClN2O4S. The molecule has 0 spiro atoms. The fourth-order valence-electron chi connectivity index (χ4n) is 1.89. The monoisotopic (exact) mass is 306 g/mol. The van der Waals surface area contributed by atoms with E-state index in [9.17, 15) is 8.42 Å². The standard InChI is InChI=1S/C11H15ClN2O4S/c12-8-1-2-10(13)11(5-8)19(16,17)14-3-4-18-9(6-14)7-15/h1-2,5,9,15H,3-4,6-7,13H2. The third kappa shape index (κ3) is 3.01. The Labute approximate surface area is 116 Å². The number of halogens is 1. The van der Waals surface area contributed by atoms with Crippen molar-refractivity contribution in [1.82, 2.24) is 4.31 Å². The van der Waals surface area contributed by atoms with Crippen LogP contribution in [0.4, 0.5) is 5.69 Å². The molecule has 1 fully saturated rings. The highest BCUT2D eigenvalue weighted by molar-refractivity contribution is 7.89. The van der Waals surface area contributed by atoms with Gasteiger partial charge in [0.2, 0.25) is 10.0 Å². The predicted molar refractivity (Wildman–Crippen MR) is 71.4 cm³/mol. The first-order valence-corrected chi connectivity index (χ1v) is 7.54. The summed E-state index contributed by atoms with van der Waals surface area (Å²) in [4.78, 5) is -0.0152. The number of aliphatic hydroxyl groups excluding tert-OH is 1. The summed E-state index contributed by atoms with van der Waals surface area (Å²) in [7, 11) is -3.73. The van der Waals surface area contributed by atoms with Gasteiger partial charge >= 0.3 is 0 Å². The van der Waals surface area contributed by atoms with E-state index in [4.69, 9.17) is 27.2 Å². The van der Waals surface area contributed by atoms with Gasteiger partial charge in [0, 0.05) is 18.1 Å². The quantitative estimate of drug-likeness (QED) is 0.784. The molecule has 1 aliphatic rings. The number of hydrogen-bond donors (Lipinski definition) is 2. The second-order valence-electron chi connectivity index (χ2n) is 4.22. The Balaban J connectivity index is 2.34.